The molecule has 14 nitrogen and oxygen atoms in total. The number of para-hydroxylation sites is 1. The molecule has 0 radical (unpaired) electrons. The molecule has 6 amide bonds. The summed E-state index contributed by atoms with van der Waals surface area (Å²) >= 11 is 5.71. The second-order valence-electron chi connectivity index (χ2n) is 41.5. The van der Waals surface area contributed by atoms with Crippen LogP contribution in [-0.2, 0) is 6.42 Å². The number of aryl methyl sites for hydroxylation is 1. The number of anilines is 4. The van der Waals surface area contributed by atoms with E-state index in [2.05, 4.69) is 271 Å². The summed E-state index contributed by atoms with van der Waals surface area (Å²) in [6, 6.07) is 84.4. The van der Waals surface area contributed by atoms with Crippen molar-refractivity contribution in [1.29, 1.82) is 0 Å². The standard InChI is InChI=1S/C34H42N2O2.C32H46N2O2.C31H44N2O2.C30H30N2S/c1-3-25-12-14-27(15-13-25)28-16-18-29(19-17-28)30-20-21-32-33(23-30)38-31(4-2)24-36(32)34(37)35-22-8-11-26-9-6-5-7-10-26;1-4-7-8-9-10-21-33-32(35)34-23-29(6-3)36-31-22-28(19-20-30(31)34)27-17-15-26(16-18-27)25-13-11-24(5-2)12-14-25;1-4-7-8-9-20-32-31(34)33-22-28(6-3)35-30-21-27(18-19-29(30)33)26-16-14-25(15-17-26)24-12-10-23(5-2)11-13-24;1-2-21-8-10-22(11-9-21)23-12-14-24(15-13-23)25-16-17-27-28(18-19-31-29(27)20-25)30(33)32-26-6-4-3-5-7-26/h5-7,9-10,16-21,23,25,27,31H,3-4,8,11-15,22,24H2,1-2H3,(H,35,37);15-20,22,24-25,29H,4-14,21,23H2,1-3H3,(H,33,35);14-19,21,23-24,28H,4-13,20,22H2,1-3H3,(H,32,34);3-7,12-22H,2,8-11H2,1H3,(H,32,33). The summed E-state index contributed by atoms with van der Waals surface area (Å²) in [5.41, 5.74) is 22.2. The number of urea groups is 3. The fraction of sp³-hybridized carbons (Fsp3) is 0.472. The summed E-state index contributed by atoms with van der Waals surface area (Å²) in [6.07, 6.45) is 43.7. The molecule has 0 saturated heterocycles. The molecule has 0 bridgehead atoms. The molecule has 1 aromatic heterocycles. The van der Waals surface area contributed by atoms with Crippen molar-refractivity contribution in [2.75, 3.05) is 59.3 Å². The van der Waals surface area contributed by atoms with Gasteiger partial charge in [-0.05, 0) is 328 Å². The Kier molecular flexibility index (Phi) is 39.8. The van der Waals surface area contributed by atoms with Gasteiger partial charge in [0.1, 0.15) is 40.5 Å². The van der Waals surface area contributed by atoms with Crippen molar-refractivity contribution < 1.29 is 28.6 Å². The number of ether oxygens (including phenoxy) is 3. The van der Waals surface area contributed by atoms with Crippen molar-refractivity contribution in [3.05, 3.63) is 276 Å². The summed E-state index contributed by atoms with van der Waals surface area (Å²) in [6.45, 7) is 24.0. The minimum Gasteiger partial charge on any atom is -0.486 e. The summed E-state index contributed by atoms with van der Waals surface area (Å²) in [5, 5.41) is 13.8. The molecule has 10 aromatic carbocycles. The van der Waals surface area contributed by atoms with Gasteiger partial charge >= 0.3 is 18.1 Å². The molecule has 4 aliphatic carbocycles. The fourth-order valence-corrected chi connectivity index (χ4v) is 22.8. The molecular weight excluding hydrogens is 1770 g/mol. The van der Waals surface area contributed by atoms with E-state index in [0.717, 1.165) is 167 Å². The maximum atomic E-state index is 13.2. The van der Waals surface area contributed by atoms with Crippen molar-refractivity contribution >= 4 is 69.0 Å². The Hall–Kier alpha value is -11.3. The molecule has 3 aliphatic heterocycles. The van der Waals surface area contributed by atoms with Crippen LogP contribution in [-0.4, -0.2) is 85.6 Å². The number of amides is 6. The van der Waals surface area contributed by atoms with Gasteiger partial charge in [-0.2, -0.15) is 0 Å². The van der Waals surface area contributed by atoms with E-state index < -0.39 is 0 Å². The van der Waals surface area contributed by atoms with Crippen LogP contribution < -0.4 is 50.2 Å². The lowest BCUT2D eigenvalue weighted by atomic mass is 9.77. The van der Waals surface area contributed by atoms with Crippen molar-refractivity contribution in [3.63, 3.8) is 0 Å². The fourth-order valence-electron chi connectivity index (χ4n) is 22.5. The summed E-state index contributed by atoms with van der Waals surface area (Å²) in [5.74, 6) is 8.96. The first-order chi connectivity index (χ1) is 69.6. The van der Waals surface area contributed by atoms with E-state index in [1.807, 2.05) is 75.5 Å². The van der Waals surface area contributed by atoms with Crippen molar-refractivity contribution in [2.45, 2.75) is 323 Å². The van der Waals surface area contributed by atoms with Crippen LogP contribution in [0.25, 0.3) is 55.4 Å². The lowest BCUT2D eigenvalue weighted by Gasteiger charge is -2.35. The molecule has 4 fully saturated rings. The first kappa shape index (κ1) is 105. The van der Waals surface area contributed by atoms with Gasteiger partial charge in [-0.25, -0.2) is 14.4 Å². The monoisotopic (exact) mass is 1930 g/mol. The molecule has 4 saturated carbocycles. The maximum absolute atomic E-state index is 13.2. The van der Waals surface area contributed by atoms with Gasteiger partial charge in [0.2, 0.25) is 0 Å². The van der Waals surface area contributed by atoms with Crippen LogP contribution in [0.3, 0.4) is 0 Å². The predicted octanol–water partition coefficient (Wildman–Crippen LogP) is 33.7. The van der Waals surface area contributed by atoms with E-state index >= 15 is 0 Å². The number of fused-ring (bicyclic) bond motifs is 4. The summed E-state index contributed by atoms with van der Waals surface area (Å²) < 4.78 is 18.9. The van der Waals surface area contributed by atoms with Gasteiger partial charge < -0.3 is 35.5 Å². The van der Waals surface area contributed by atoms with Gasteiger partial charge in [-0.1, -0.05) is 321 Å². The Balaban J connectivity index is 0.000000143. The molecule has 3 unspecified atom stereocenters. The number of pyridine rings is 1. The van der Waals surface area contributed by atoms with Gasteiger partial charge in [0.25, 0.3) is 0 Å². The number of rotatable bonds is 32. The van der Waals surface area contributed by atoms with Crippen LogP contribution in [0.5, 0.6) is 17.2 Å². The van der Waals surface area contributed by atoms with Crippen LogP contribution in [0, 0.1) is 23.7 Å². The molecule has 142 heavy (non-hydrogen) atoms. The number of benzene rings is 10. The first-order valence-corrected chi connectivity index (χ1v) is 55.8. The second kappa shape index (κ2) is 53.9. The number of aromatic nitrogens is 1. The quantitative estimate of drug-likeness (QED) is 0.0239. The van der Waals surface area contributed by atoms with Gasteiger partial charge in [-0.3, -0.25) is 19.7 Å². The van der Waals surface area contributed by atoms with Gasteiger partial charge in [0.05, 0.1) is 42.2 Å². The Morgan fingerprint density at radius 1 is 0.324 bits per heavy atom. The van der Waals surface area contributed by atoms with E-state index in [1.54, 1.807) is 0 Å². The minimum atomic E-state index is -0.0454. The molecular formula is C127H162N8O6S. The highest BCUT2D eigenvalue weighted by molar-refractivity contribution is 7.81. The SMILES string of the molecule is CCC1CCC(c2ccc(-c3ccc4c(C(=S)Nc5ccccc5)ccnc4c3)cc2)CC1.CCC1CCC(c2ccc(-c3ccc4c(c3)OC(CC)CN4C(=O)NCCCc3ccccc3)cc2)CC1.CCCCCCCNC(=O)N1CC(CC)Oc2cc(-c3ccc(C4CCC(CC)CC4)cc3)ccc21.CCCCCCNC(=O)N1CC(CC)Oc2cc(-c3ccc(C4CCC(CC)CC4)cc3)ccc21. The molecule has 0 spiro atoms. The topological polar surface area (TPSA) is 150 Å². The molecule has 4 N–H and O–H groups in total. The normalized spacial score (nSPS) is 20.7. The van der Waals surface area contributed by atoms with Crippen LogP contribution in [0.15, 0.2) is 243 Å². The Bertz CT molecular complexity index is 5740. The van der Waals surface area contributed by atoms with Crippen molar-refractivity contribution in [1.82, 2.24) is 20.9 Å². The average Bonchev–Trinajstić information content (AvgIpc) is 0.798. The zero-order chi connectivity index (χ0) is 98.9. The highest BCUT2D eigenvalue weighted by Crippen LogP contribution is 2.47. The first-order valence-electron chi connectivity index (χ1n) is 55.4. The number of nitrogens with zero attached hydrogens (tertiary/aromatic N) is 4. The van der Waals surface area contributed by atoms with Crippen LogP contribution in [0.1, 0.15) is 331 Å². The number of hydrogen-bond acceptors (Lipinski definition) is 8. The zero-order valence-corrected chi connectivity index (χ0v) is 87.7. The van der Waals surface area contributed by atoms with E-state index in [0.29, 0.717) is 48.9 Å². The van der Waals surface area contributed by atoms with Crippen LogP contribution >= 0.6 is 12.2 Å². The lowest BCUT2D eigenvalue weighted by Crippen LogP contribution is -2.48. The molecule has 4 heterocycles. The predicted molar refractivity (Wildman–Crippen MR) is 599 cm³/mol. The smallest absolute Gasteiger partial charge is 0.322 e. The largest absolute Gasteiger partial charge is 0.486 e. The Morgan fingerprint density at radius 3 is 0.972 bits per heavy atom. The highest BCUT2D eigenvalue weighted by atomic mass is 32.1. The van der Waals surface area contributed by atoms with E-state index in [1.165, 1.54) is 223 Å². The van der Waals surface area contributed by atoms with Crippen LogP contribution in [0.4, 0.5) is 37.1 Å². The van der Waals surface area contributed by atoms with Crippen molar-refractivity contribution in [3.8, 4) is 61.8 Å². The van der Waals surface area contributed by atoms with Crippen LogP contribution in [0.2, 0.25) is 0 Å². The lowest BCUT2D eigenvalue weighted by molar-refractivity contribution is 0.186. The molecule has 15 heteroatoms. The summed E-state index contributed by atoms with van der Waals surface area (Å²) in [7, 11) is 0. The van der Waals surface area contributed by atoms with E-state index in [4.69, 9.17) is 26.4 Å². The molecule has 752 valence electrons. The average molecular weight is 1930 g/mol. The van der Waals surface area contributed by atoms with Gasteiger partial charge in [0.15, 0.2) is 0 Å². The molecule has 7 aliphatic rings. The third-order valence-electron chi connectivity index (χ3n) is 32.1. The number of thiocarbonyl (C=S) groups is 1. The highest BCUT2D eigenvalue weighted by Gasteiger charge is 2.35. The number of nitrogens with one attached hydrogen (secondary N) is 4. The van der Waals surface area contributed by atoms with Gasteiger partial charge in [0, 0.05) is 42.5 Å². The third-order valence-corrected chi connectivity index (χ3v) is 32.4. The number of unbranched alkanes of at least 4 members (excludes halogenated alkanes) is 7. The maximum Gasteiger partial charge on any atom is 0.322 e. The minimum absolute atomic E-state index is 0.00607. The number of carbonyl (C=O) groups is 3. The second-order valence-corrected chi connectivity index (χ2v) is 41.9. The van der Waals surface area contributed by atoms with Crippen molar-refractivity contribution in [2.24, 2.45) is 23.7 Å². The number of hydrogen-bond donors (Lipinski definition) is 4. The molecule has 3 atom stereocenters. The Morgan fingerprint density at radius 2 is 0.634 bits per heavy atom. The molecule has 18 rings (SSSR count). The van der Waals surface area contributed by atoms with E-state index in [-0.39, 0.29) is 36.4 Å². The summed E-state index contributed by atoms with van der Waals surface area (Å²) in [4.78, 5) is 50.2. The third kappa shape index (κ3) is 28.6. The zero-order valence-electron chi connectivity index (χ0n) is 86.9. The number of carbonyl (C=O) groups excluding carboxylic acids is 3. The Labute approximate surface area is 856 Å². The molecule has 11 aromatic rings. The van der Waals surface area contributed by atoms with Gasteiger partial charge in [-0.15, -0.1) is 0 Å². The van der Waals surface area contributed by atoms with E-state index in [9.17, 15) is 14.4 Å².